The van der Waals surface area contributed by atoms with Gasteiger partial charge in [-0.15, -0.1) is 5.92 Å². The second kappa shape index (κ2) is 5.46. The Kier molecular flexibility index (Phi) is 4.02. The molecular weight excluding hydrogens is 278 g/mol. The Balaban J connectivity index is 2.64. The van der Waals surface area contributed by atoms with Crippen molar-refractivity contribution in [3.8, 4) is 11.8 Å². The molecule has 4 atom stereocenters. The van der Waals surface area contributed by atoms with Crippen LogP contribution in [0.15, 0.2) is 15.7 Å². The lowest BCUT2D eigenvalue weighted by Crippen LogP contribution is -2.55. The van der Waals surface area contributed by atoms with Gasteiger partial charge in [0.1, 0.15) is 12.2 Å². The number of aliphatic hydroxyl groups excluding tert-OH is 2. The van der Waals surface area contributed by atoms with Gasteiger partial charge in [0.25, 0.3) is 5.56 Å². The molecule has 1 saturated heterocycles. The van der Waals surface area contributed by atoms with Crippen LogP contribution in [-0.4, -0.2) is 44.1 Å². The van der Waals surface area contributed by atoms with Crippen LogP contribution in [0, 0.1) is 18.8 Å². The van der Waals surface area contributed by atoms with Crippen LogP contribution in [0.1, 0.15) is 18.8 Å². The van der Waals surface area contributed by atoms with Gasteiger partial charge in [0.2, 0.25) is 0 Å². The van der Waals surface area contributed by atoms with Crippen LogP contribution in [0.5, 0.6) is 0 Å². The summed E-state index contributed by atoms with van der Waals surface area (Å²) in [7, 11) is 0. The minimum absolute atomic E-state index is 0.312. The summed E-state index contributed by atoms with van der Waals surface area (Å²) in [6.45, 7) is 2.60. The summed E-state index contributed by atoms with van der Waals surface area (Å²) in [6, 6.07) is 1.21. The van der Waals surface area contributed by atoms with Gasteiger partial charge in [-0.3, -0.25) is 14.3 Å². The molecule has 0 spiro atoms. The first-order valence-corrected chi connectivity index (χ1v) is 6.34. The second-order valence-electron chi connectivity index (χ2n) is 4.91. The summed E-state index contributed by atoms with van der Waals surface area (Å²) in [5.41, 5.74) is 3.59. The van der Waals surface area contributed by atoms with Crippen molar-refractivity contribution >= 4 is 0 Å². The van der Waals surface area contributed by atoms with E-state index in [9.17, 15) is 19.8 Å². The fourth-order valence-corrected chi connectivity index (χ4v) is 2.49. The lowest BCUT2D eigenvalue weighted by Gasteiger charge is -2.28. The smallest absolute Gasteiger partial charge is 0.330 e. The minimum Gasteiger partial charge on any atom is -0.394 e. The molecule has 1 unspecified atom stereocenters. The number of hydrogen-bond acceptors (Lipinski definition) is 6. The maximum atomic E-state index is 12.0. The zero-order valence-electron chi connectivity index (χ0n) is 11.7. The lowest BCUT2D eigenvalue weighted by atomic mass is 9.91. The van der Waals surface area contributed by atoms with Gasteiger partial charge in [-0.05, 0) is 13.8 Å². The Morgan fingerprint density at radius 3 is 2.76 bits per heavy atom. The van der Waals surface area contributed by atoms with Crippen molar-refractivity contribution in [2.24, 2.45) is 5.73 Å². The summed E-state index contributed by atoms with van der Waals surface area (Å²) in [4.78, 5) is 25.4. The molecule has 8 nitrogen and oxygen atoms in total. The molecule has 2 heterocycles. The standard InChI is InChI=1S/C13H17N3O5/c1-3-4-13(14)10(19)8(6-17)21-11(13)16-7(2)5-9(18)15-12(16)20/h5,8,10-11,17,19H,6,14H2,1-2H3,(H,15,18,20)/t8-,10?,11-,13-/m1/s1. The lowest BCUT2D eigenvalue weighted by molar-refractivity contribution is -0.0484. The number of aromatic amines is 1. The van der Waals surface area contributed by atoms with Crippen LogP contribution in [0.25, 0.3) is 0 Å². The predicted octanol–water partition coefficient (Wildman–Crippen LogP) is -2.18. The first-order valence-electron chi connectivity index (χ1n) is 6.34. The summed E-state index contributed by atoms with van der Waals surface area (Å²) < 4.78 is 6.61. The van der Waals surface area contributed by atoms with E-state index >= 15 is 0 Å². The van der Waals surface area contributed by atoms with Crippen molar-refractivity contribution in [1.29, 1.82) is 0 Å². The predicted molar refractivity (Wildman–Crippen MR) is 73.4 cm³/mol. The molecule has 2 rings (SSSR count). The molecule has 0 radical (unpaired) electrons. The van der Waals surface area contributed by atoms with E-state index in [2.05, 4.69) is 16.8 Å². The van der Waals surface area contributed by atoms with Crippen molar-refractivity contribution in [1.82, 2.24) is 9.55 Å². The van der Waals surface area contributed by atoms with E-state index in [4.69, 9.17) is 10.5 Å². The molecule has 0 bridgehead atoms. The van der Waals surface area contributed by atoms with Gasteiger partial charge in [-0.2, -0.15) is 0 Å². The van der Waals surface area contributed by atoms with Gasteiger partial charge < -0.3 is 20.7 Å². The van der Waals surface area contributed by atoms with Gasteiger partial charge in [0.05, 0.1) is 6.61 Å². The SMILES string of the molecule is CC#C[C@@]1(N)C(O)[C@@H](CO)O[C@H]1n1c(C)cc(=O)[nH]c1=O. The third kappa shape index (κ3) is 2.41. The Morgan fingerprint density at radius 1 is 1.57 bits per heavy atom. The van der Waals surface area contributed by atoms with E-state index in [-0.39, 0.29) is 0 Å². The molecule has 0 aromatic carbocycles. The third-order valence-electron chi connectivity index (χ3n) is 3.48. The Bertz CT molecular complexity index is 713. The summed E-state index contributed by atoms with van der Waals surface area (Å²) in [5.74, 6) is 5.23. The van der Waals surface area contributed by atoms with E-state index in [0.29, 0.717) is 5.69 Å². The number of nitrogens with one attached hydrogen (secondary N) is 1. The summed E-state index contributed by atoms with van der Waals surface area (Å²) >= 11 is 0. The number of aryl methyl sites for hydroxylation is 1. The van der Waals surface area contributed by atoms with Gasteiger partial charge in [-0.25, -0.2) is 4.79 Å². The Morgan fingerprint density at radius 2 is 2.24 bits per heavy atom. The van der Waals surface area contributed by atoms with Crippen LogP contribution in [0.2, 0.25) is 0 Å². The normalized spacial score (nSPS) is 31.8. The number of nitrogens with zero attached hydrogens (tertiary/aromatic N) is 1. The van der Waals surface area contributed by atoms with E-state index < -0.39 is 41.8 Å². The molecule has 1 aliphatic rings. The number of aliphatic hydroxyl groups is 2. The quantitative estimate of drug-likeness (QED) is 0.459. The zero-order valence-corrected chi connectivity index (χ0v) is 11.7. The average molecular weight is 295 g/mol. The Hall–Kier alpha value is -1.92. The number of ether oxygens (including phenoxy) is 1. The van der Waals surface area contributed by atoms with Crippen LogP contribution < -0.4 is 17.0 Å². The van der Waals surface area contributed by atoms with Gasteiger partial charge in [0.15, 0.2) is 11.8 Å². The van der Waals surface area contributed by atoms with Crippen LogP contribution in [0.3, 0.4) is 0 Å². The molecule has 1 aliphatic heterocycles. The van der Waals surface area contributed by atoms with Crippen molar-refractivity contribution in [2.45, 2.75) is 37.8 Å². The van der Waals surface area contributed by atoms with E-state index in [0.717, 1.165) is 4.57 Å². The van der Waals surface area contributed by atoms with Crippen LogP contribution in [0.4, 0.5) is 0 Å². The van der Waals surface area contributed by atoms with E-state index in [1.54, 1.807) is 6.92 Å². The molecular formula is C13H17N3O5. The van der Waals surface area contributed by atoms with Gasteiger partial charge in [0, 0.05) is 11.8 Å². The molecule has 1 fully saturated rings. The maximum Gasteiger partial charge on any atom is 0.330 e. The number of aromatic nitrogens is 2. The topological polar surface area (TPSA) is 131 Å². The van der Waals surface area contributed by atoms with Gasteiger partial charge in [-0.1, -0.05) is 5.92 Å². The highest BCUT2D eigenvalue weighted by Gasteiger charge is 2.54. The highest BCUT2D eigenvalue weighted by molar-refractivity contribution is 5.25. The van der Waals surface area contributed by atoms with Gasteiger partial charge >= 0.3 is 5.69 Å². The maximum absolute atomic E-state index is 12.0. The molecule has 0 saturated carbocycles. The summed E-state index contributed by atoms with van der Waals surface area (Å²) in [5, 5.41) is 19.5. The first kappa shape index (κ1) is 15.5. The highest BCUT2D eigenvalue weighted by atomic mass is 16.5. The Labute approximate surface area is 120 Å². The van der Waals surface area contributed by atoms with Crippen LogP contribution in [-0.2, 0) is 4.74 Å². The summed E-state index contributed by atoms with van der Waals surface area (Å²) in [6.07, 6.45) is -3.38. The monoisotopic (exact) mass is 295 g/mol. The number of nitrogens with two attached hydrogens (primary N) is 1. The fourth-order valence-electron chi connectivity index (χ4n) is 2.49. The zero-order chi connectivity index (χ0) is 15.8. The number of H-pyrrole nitrogens is 1. The minimum atomic E-state index is -1.57. The molecule has 1 aromatic heterocycles. The van der Waals surface area contributed by atoms with Crippen LogP contribution >= 0.6 is 0 Å². The molecule has 0 amide bonds. The van der Waals surface area contributed by atoms with Crippen molar-refractivity contribution in [2.75, 3.05) is 6.61 Å². The molecule has 21 heavy (non-hydrogen) atoms. The first-order chi connectivity index (χ1) is 9.85. The molecule has 1 aromatic rings. The van der Waals surface area contributed by atoms with Crippen molar-refractivity contribution in [3.63, 3.8) is 0 Å². The molecule has 114 valence electrons. The number of hydrogen-bond donors (Lipinski definition) is 4. The third-order valence-corrected chi connectivity index (χ3v) is 3.48. The van der Waals surface area contributed by atoms with Crippen molar-refractivity contribution in [3.05, 3.63) is 32.6 Å². The van der Waals surface area contributed by atoms with Crippen molar-refractivity contribution < 1.29 is 14.9 Å². The highest BCUT2D eigenvalue weighted by Crippen LogP contribution is 2.35. The number of rotatable bonds is 2. The van der Waals surface area contributed by atoms with E-state index in [1.165, 1.54) is 13.0 Å². The molecule has 5 N–H and O–H groups in total. The van der Waals surface area contributed by atoms with E-state index in [1.807, 2.05) is 0 Å². The molecule has 8 heteroatoms. The second-order valence-corrected chi connectivity index (χ2v) is 4.91. The largest absolute Gasteiger partial charge is 0.394 e. The average Bonchev–Trinajstić information content (AvgIpc) is 2.63. The fraction of sp³-hybridized carbons (Fsp3) is 0.538. The molecule has 0 aliphatic carbocycles.